The third-order valence-corrected chi connectivity index (χ3v) is 6.58. The molecule has 0 amide bonds. The fraction of sp³-hybridized carbons (Fsp3) is 0.240. The Bertz CT molecular complexity index is 1340. The summed E-state index contributed by atoms with van der Waals surface area (Å²) in [6.45, 7) is 2.56. The van der Waals surface area contributed by atoms with E-state index in [9.17, 15) is 9.59 Å². The standard InChI is InChI=1S/C25H22BrClN2O4/c1-3-4-9-21-28-24(27)19(14-30)29(21)13-15-10-11-20-18(12-15)22(26)23(33-20)16-7-5-6-8-17(16)25(31)32-2/h5-8,10-12,14H,3-4,9,13H2,1-2H3. The quantitative estimate of drug-likeness (QED) is 0.187. The molecular formula is C25H22BrClN2O4. The summed E-state index contributed by atoms with van der Waals surface area (Å²) >= 11 is 9.87. The summed E-state index contributed by atoms with van der Waals surface area (Å²) in [5.74, 6) is 0.908. The zero-order valence-electron chi connectivity index (χ0n) is 18.2. The van der Waals surface area contributed by atoms with Crippen LogP contribution in [0.3, 0.4) is 0 Å². The number of halogens is 2. The molecule has 0 unspecified atom stereocenters. The van der Waals surface area contributed by atoms with Gasteiger partial charge in [0.1, 0.15) is 22.9 Å². The lowest BCUT2D eigenvalue weighted by Crippen LogP contribution is -2.08. The number of methoxy groups -OCH3 is 1. The Morgan fingerprint density at radius 1 is 1.27 bits per heavy atom. The summed E-state index contributed by atoms with van der Waals surface area (Å²) in [6, 6.07) is 13.0. The molecular weight excluding hydrogens is 508 g/mol. The Hall–Kier alpha value is -2.90. The summed E-state index contributed by atoms with van der Waals surface area (Å²) in [5.41, 5.74) is 3.07. The first-order chi connectivity index (χ1) is 16.0. The van der Waals surface area contributed by atoms with Gasteiger partial charge in [0.2, 0.25) is 0 Å². The molecule has 0 saturated heterocycles. The number of ether oxygens (including phenoxy) is 1. The second kappa shape index (κ2) is 9.93. The number of esters is 1. The molecule has 0 spiro atoms. The third-order valence-electron chi connectivity index (χ3n) is 5.52. The number of imidazole rings is 1. The number of benzene rings is 2. The van der Waals surface area contributed by atoms with E-state index in [1.54, 1.807) is 12.1 Å². The monoisotopic (exact) mass is 528 g/mol. The van der Waals surface area contributed by atoms with Crippen molar-refractivity contribution < 1.29 is 18.7 Å². The molecule has 2 heterocycles. The zero-order valence-corrected chi connectivity index (χ0v) is 20.6. The topological polar surface area (TPSA) is 74.3 Å². The maximum atomic E-state index is 12.2. The largest absolute Gasteiger partial charge is 0.465 e. The Morgan fingerprint density at radius 3 is 2.79 bits per heavy atom. The van der Waals surface area contributed by atoms with Crippen molar-refractivity contribution in [1.82, 2.24) is 9.55 Å². The van der Waals surface area contributed by atoms with Crippen LogP contribution in [0.2, 0.25) is 5.15 Å². The lowest BCUT2D eigenvalue weighted by Gasteiger charge is -2.10. The fourth-order valence-electron chi connectivity index (χ4n) is 3.83. The summed E-state index contributed by atoms with van der Waals surface area (Å²) in [6.07, 6.45) is 3.47. The van der Waals surface area contributed by atoms with Crippen LogP contribution >= 0.6 is 27.5 Å². The van der Waals surface area contributed by atoms with Gasteiger partial charge in [-0.3, -0.25) is 4.79 Å². The highest BCUT2D eigenvalue weighted by atomic mass is 79.9. The van der Waals surface area contributed by atoms with E-state index in [0.29, 0.717) is 34.7 Å². The first kappa shape index (κ1) is 23.3. The summed E-state index contributed by atoms with van der Waals surface area (Å²) in [5, 5.41) is 1.08. The smallest absolute Gasteiger partial charge is 0.338 e. The molecule has 2 aromatic heterocycles. The van der Waals surface area contributed by atoms with E-state index in [4.69, 9.17) is 20.8 Å². The molecule has 33 heavy (non-hydrogen) atoms. The molecule has 0 saturated carbocycles. The third kappa shape index (κ3) is 4.48. The van der Waals surface area contributed by atoms with Crippen LogP contribution in [0.4, 0.5) is 0 Å². The van der Waals surface area contributed by atoms with Gasteiger partial charge in [0.25, 0.3) is 0 Å². The first-order valence-corrected chi connectivity index (χ1v) is 11.7. The number of carbonyl (C=O) groups is 2. The number of aromatic nitrogens is 2. The Kier molecular flexibility index (Phi) is 7.00. The molecule has 2 aromatic carbocycles. The number of rotatable bonds is 8. The number of nitrogens with zero attached hydrogens (tertiary/aromatic N) is 2. The van der Waals surface area contributed by atoms with Crippen LogP contribution < -0.4 is 0 Å². The van der Waals surface area contributed by atoms with Crippen molar-refractivity contribution in [1.29, 1.82) is 0 Å². The van der Waals surface area contributed by atoms with Crippen molar-refractivity contribution >= 4 is 50.8 Å². The number of aryl methyl sites for hydroxylation is 1. The van der Waals surface area contributed by atoms with E-state index >= 15 is 0 Å². The van der Waals surface area contributed by atoms with Gasteiger partial charge < -0.3 is 13.7 Å². The number of unbranched alkanes of at least 4 members (excludes halogenated alkanes) is 1. The summed E-state index contributed by atoms with van der Waals surface area (Å²) in [4.78, 5) is 28.3. The second-order valence-corrected chi connectivity index (χ2v) is 8.78. The SMILES string of the molecule is CCCCc1nc(Cl)c(C=O)n1Cc1ccc2oc(-c3ccccc3C(=O)OC)c(Br)c2c1. The molecule has 0 aliphatic carbocycles. The van der Waals surface area contributed by atoms with Crippen molar-refractivity contribution in [3.05, 3.63) is 74.7 Å². The molecule has 4 rings (SSSR count). The van der Waals surface area contributed by atoms with Gasteiger partial charge in [-0.1, -0.05) is 49.2 Å². The van der Waals surface area contributed by atoms with E-state index in [2.05, 4.69) is 27.8 Å². The lowest BCUT2D eigenvalue weighted by molar-refractivity contribution is 0.0601. The minimum Gasteiger partial charge on any atom is -0.465 e. The predicted molar refractivity (Wildman–Crippen MR) is 131 cm³/mol. The minimum absolute atomic E-state index is 0.225. The van der Waals surface area contributed by atoms with Crippen molar-refractivity contribution in [2.45, 2.75) is 32.7 Å². The number of furan rings is 1. The van der Waals surface area contributed by atoms with Gasteiger partial charge in [-0.2, -0.15) is 0 Å². The molecule has 6 nitrogen and oxygen atoms in total. The Morgan fingerprint density at radius 2 is 2.06 bits per heavy atom. The van der Waals surface area contributed by atoms with Gasteiger partial charge in [-0.15, -0.1) is 0 Å². The van der Waals surface area contributed by atoms with Gasteiger partial charge in [0, 0.05) is 23.9 Å². The normalized spacial score (nSPS) is 11.2. The summed E-state index contributed by atoms with van der Waals surface area (Å²) in [7, 11) is 1.35. The molecule has 0 N–H and O–H groups in total. The Labute approximate surface area is 204 Å². The van der Waals surface area contributed by atoms with Gasteiger partial charge in [0.15, 0.2) is 11.4 Å². The highest BCUT2D eigenvalue weighted by Crippen LogP contribution is 2.39. The molecule has 4 aromatic rings. The van der Waals surface area contributed by atoms with Crippen LogP contribution in [0.15, 0.2) is 51.4 Å². The van der Waals surface area contributed by atoms with E-state index in [-0.39, 0.29) is 5.15 Å². The molecule has 0 radical (unpaired) electrons. The van der Waals surface area contributed by atoms with Crippen LogP contribution in [-0.2, 0) is 17.7 Å². The van der Waals surface area contributed by atoms with Crippen molar-refractivity contribution in [2.75, 3.05) is 7.11 Å². The van der Waals surface area contributed by atoms with Crippen molar-refractivity contribution in [3.8, 4) is 11.3 Å². The number of fused-ring (bicyclic) bond motifs is 1. The van der Waals surface area contributed by atoms with Crippen LogP contribution in [0.5, 0.6) is 0 Å². The molecule has 8 heteroatoms. The van der Waals surface area contributed by atoms with E-state index in [1.807, 2.05) is 34.9 Å². The number of hydrogen-bond donors (Lipinski definition) is 0. The molecule has 0 bridgehead atoms. The maximum absolute atomic E-state index is 12.2. The minimum atomic E-state index is -0.434. The van der Waals surface area contributed by atoms with E-state index in [1.165, 1.54) is 7.11 Å². The van der Waals surface area contributed by atoms with Gasteiger partial charge in [-0.25, -0.2) is 9.78 Å². The number of hydrogen-bond acceptors (Lipinski definition) is 5. The first-order valence-electron chi connectivity index (χ1n) is 10.6. The van der Waals surface area contributed by atoms with Crippen molar-refractivity contribution in [3.63, 3.8) is 0 Å². The second-order valence-electron chi connectivity index (χ2n) is 7.62. The predicted octanol–water partition coefficient (Wildman–Crippen LogP) is 6.70. The highest BCUT2D eigenvalue weighted by molar-refractivity contribution is 9.10. The molecule has 0 fully saturated rings. The van der Waals surface area contributed by atoms with Crippen LogP contribution in [0.1, 0.15) is 52.0 Å². The van der Waals surface area contributed by atoms with Gasteiger partial charge >= 0.3 is 5.97 Å². The van der Waals surface area contributed by atoms with E-state index < -0.39 is 5.97 Å². The fourth-order valence-corrected chi connectivity index (χ4v) is 4.68. The highest BCUT2D eigenvalue weighted by Gasteiger charge is 2.21. The lowest BCUT2D eigenvalue weighted by atomic mass is 10.0. The van der Waals surface area contributed by atoms with Crippen LogP contribution in [-0.4, -0.2) is 28.9 Å². The molecule has 170 valence electrons. The van der Waals surface area contributed by atoms with Crippen LogP contribution in [0.25, 0.3) is 22.3 Å². The summed E-state index contributed by atoms with van der Waals surface area (Å²) < 4.78 is 13.6. The molecule has 0 atom stereocenters. The van der Waals surface area contributed by atoms with Gasteiger partial charge in [-0.05, 0) is 46.1 Å². The average Bonchev–Trinajstić information content (AvgIpc) is 3.32. The zero-order chi connectivity index (χ0) is 23.5. The van der Waals surface area contributed by atoms with Crippen molar-refractivity contribution in [2.24, 2.45) is 0 Å². The number of aldehydes is 1. The maximum Gasteiger partial charge on any atom is 0.338 e. The average molecular weight is 530 g/mol. The Balaban J connectivity index is 1.76. The molecule has 0 aliphatic rings. The van der Waals surface area contributed by atoms with Gasteiger partial charge in [0.05, 0.1) is 17.1 Å². The number of carbonyl (C=O) groups excluding carboxylic acids is 2. The van der Waals surface area contributed by atoms with E-state index in [0.717, 1.165) is 46.8 Å². The molecule has 0 aliphatic heterocycles. The van der Waals surface area contributed by atoms with Crippen LogP contribution in [0, 0.1) is 0 Å².